The van der Waals surface area contributed by atoms with E-state index in [1.54, 1.807) is 0 Å². The third kappa shape index (κ3) is 3.76. The summed E-state index contributed by atoms with van der Waals surface area (Å²) in [7, 11) is 1.36. The SMILES string of the molecule is COC(=O)c1c(NC(=O)CN2CCc3ccccc32)sc(C)c1-c1ccccc1. The van der Waals surface area contributed by atoms with E-state index in [4.69, 9.17) is 4.74 Å². The highest BCUT2D eigenvalue weighted by atomic mass is 32.1. The summed E-state index contributed by atoms with van der Waals surface area (Å²) in [5, 5.41) is 3.48. The van der Waals surface area contributed by atoms with Crippen LogP contribution in [-0.2, 0) is 16.0 Å². The van der Waals surface area contributed by atoms with Gasteiger partial charge in [-0.3, -0.25) is 4.79 Å². The number of ether oxygens (including phenoxy) is 1. The molecule has 0 fully saturated rings. The zero-order chi connectivity index (χ0) is 20.4. The third-order valence-corrected chi connectivity index (χ3v) is 6.13. The van der Waals surface area contributed by atoms with Crippen LogP contribution in [-0.4, -0.2) is 32.1 Å². The lowest BCUT2D eigenvalue weighted by atomic mass is 10.0. The van der Waals surface area contributed by atoms with Crippen LogP contribution in [0.2, 0.25) is 0 Å². The first kappa shape index (κ1) is 19.2. The smallest absolute Gasteiger partial charge is 0.341 e. The highest BCUT2D eigenvalue weighted by molar-refractivity contribution is 7.17. The number of nitrogens with zero attached hydrogens (tertiary/aromatic N) is 1. The summed E-state index contributed by atoms with van der Waals surface area (Å²) < 4.78 is 5.02. The molecule has 2 aromatic carbocycles. The van der Waals surface area contributed by atoms with Gasteiger partial charge in [0.25, 0.3) is 0 Å². The van der Waals surface area contributed by atoms with Crippen molar-refractivity contribution in [2.24, 2.45) is 0 Å². The van der Waals surface area contributed by atoms with Crippen LogP contribution in [0.4, 0.5) is 10.7 Å². The molecule has 4 rings (SSSR count). The van der Waals surface area contributed by atoms with Gasteiger partial charge < -0.3 is 15.0 Å². The summed E-state index contributed by atoms with van der Waals surface area (Å²) in [5.41, 5.74) is 4.51. The average Bonchev–Trinajstić information content (AvgIpc) is 3.28. The number of anilines is 2. The molecule has 6 heteroatoms. The molecular weight excluding hydrogens is 384 g/mol. The molecule has 148 valence electrons. The second kappa shape index (κ2) is 8.09. The molecule has 1 aliphatic heterocycles. The van der Waals surface area contributed by atoms with E-state index < -0.39 is 5.97 Å². The first-order valence-corrected chi connectivity index (χ1v) is 10.3. The molecule has 29 heavy (non-hydrogen) atoms. The van der Waals surface area contributed by atoms with E-state index >= 15 is 0 Å². The van der Waals surface area contributed by atoms with Gasteiger partial charge in [0.2, 0.25) is 5.91 Å². The fourth-order valence-corrected chi connectivity index (χ4v) is 4.87. The summed E-state index contributed by atoms with van der Waals surface area (Å²) in [4.78, 5) is 28.4. The molecule has 0 saturated carbocycles. The zero-order valence-electron chi connectivity index (χ0n) is 16.4. The quantitative estimate of drug-likeness (QED) is 0.634. The Morgan fingerprint density at radius 3 is 2.59 bits per heavy atom. The Kier molecular flexibility index (Phi) is 5.36. The lowest BCUT2D eigenvalue weighted by Crippen LogP contribution is -2.32. The van der Waals surface area contributed by atoms with Gasteiger partial charge in [0.05, 0.1) is 13.7 Å². The second-order valence-corrected chi connectivity index (χ2v) is 8.17. The summed E-state index contributed by atoms with van der Waals surface area (Å²) in [5.74, 6) is -0.595. The number of carbonyl (C=O) groups excluding carboxylic acids is 2. The minimum Gasteiger partial charge on any atom is -0.465 e. The van der Waals surface area contributed by atoms with Crippen molar-refractivity contribution in [3.63, 3.8) is 0 Å². The van der Waals surface area contributed by atoms with Crippen molar-refractivity contribution >= 4 is 33.9 Å². The number of esters is 1. The van der Waals surface area contributed by atoms with E-state index in [0.29, 0.717) is 10.6 Å². The first-order valence-electron chi connectivity index (χ1n) is 9.48. The molecule has 0 radical (unpaired) electrons. The van der Waals surface area contributed by atoms with Crippen LogP contribution in [0.25, 0.3) is 11.1 Å². The molecule has 0 spiro atoms. The van der Waals surface area contributed by atoms with Crippen LogP contribution in [0.5, 0.6) is 0 Å². The number of hydrogen-bond acceptors (Lipinski definition) is 5. The molecule has 0 atom stereocenters. The lowest BCUT2D eigenvalue weighted by Gasteiger charge is -2.18. The molecule has 1 aromatic heterocycles. The number of carbonyl (C=O) groups is 2. The maximum atomic E-state index is 12.8. The van der Waals surface area contributed by atoms with Gasteiger partial charge in [-0.2, -0.15) is 0 Å². The van der Waals surface area contributed by atoms with Crippen LogP contribution in [0, 0.1) is 6.92 Å². The number of hydrogen-bond donors (Lipinski definition) is 1. The van der Waals surface area contributed by atoms with E-state index in [-0.39, 0.29) is 12.5 Å². The van der Waals surface area contributed by atoms with Gasteiger partial charge in [-0.15, -0.1) is 11.3 Å². The molecule has 0 unspecified atom stereocenters. The predicted molar refractivity (Wildman–Crippen MR) is 117 cm³/mol. The molecule has 0 saturated heterocycles. The third-order valence-electron chi connectivity index (χ3n) is 5.11. The van der Waals surface area contributed by atoms with Crippen molar-refractivity contribution in [1.29, 1.82) is 0 Å². The molecular formula is C23H22N2O3S. The molecule has 0 aliphatic carbocycles. The van der Waals surface area contributed by atoms with Gasteiger partial charge in [0.15, 0.2) is 0 Å². The predicted octanol–water partition coefficient (Wildman–Crippen LogP) is 4.51. The van der Waals surface area contributed by atoms with E-state index in [9.17, 15) is 9.59 Å². The number of aryl methyl sites for hydroxylation is 1. The summed E-state index contributed by atoms with van der Waals surface area (Å²) in [6.45, 7) is 3.01. The van der Waals surface area contributed by atoms with Gasteiger partial charge in [-0.25, -0.2) is 4.79 Å². The Balaban J connectivity index is 1.60. The van der Waals surface area contributed by atoms with Crippen molar-refractivity contribution in [1.82, 2.24) is 0 Å². The number of fused-ring (bicyclic) bond motifs is 1. The maximum Gasteiger partial charge on any atom is 0.341 e. The van der Waals surface area contributed by atoms with E-state index in [1.807, 2.05) is 55.5 Å². The average molecular weight is 407 g/mol. The van der Waals surface area contributed by atoms with Crippen molar-refractivity contribution < 1.29 is 14.3 Å². The van der Waals surface area contributed by atoms with Crippen LogP contribution >= 0.6 is 11.3 Å². The van der Waals surface area contributed by atoms with Crippen LogP contribution in [0.1, 0.15) is 20.8 Å². The number of rotatable bonds is 5. The van der Waals surface area contributed by atoms with Crippen molar-refractivity contribution in [3.05, 3.63) is 70.6 Å². The molecule has 2 heterocycles. The minimum atomic E-state index is -0.449. The minimum absolute atomic E-state index is 0.146. The summed E-state index contributed by atoms with van der Waals surface area (Å²) in [6, 6.07) is 17.8. The van der Waals surface area contributed by atoms with Crippen LogP contribution in [0.15, 0.2) is 54.6 Å². The molecule has 1 N–H and O–H groups in total. The number of thiophene rings is 1. The van der Waals surface area contributed by atoms with E-state index in [2.05, 4.69) is 16.3 Å². The normalized spacial score (nSPS) is 12.6. The molecule has 1 aliphatic rings. The Hall–Kier alpha value is -3.12. The van der Waals surface area contributed by atoms with Gasteiger partial charge in [-0.1, -0.05) is 48.5 Å². The van der Waals surface area contributed by atoms with E-state index in [0.717, 1.165) is 34.7 Å². The zero-order valence-corrected chi connectivity index (χ0v) is 17.2. The Bertz CT molecular complexity index is 1060. The molecule has 5 nitrogen and oxygen atoms in total. The fourth-order valence-electron chi connectivity index (χ4n) is 3.79. The maximum absolute atomic E-state index is 12.8. The highest BCUT2D eigenvalue weighted by Gasteiger charge is 2.26. The van der Waals surface area contributed by atoms with Crippen molar-refractivity contribution in [2.45, 2.75) is 13.3 Å². The monoisotopic (exact) mass is 406 g/mol. The van der Waals surface area contributed by atoms with Crippen LogP contribution in [0.3, 0.4) is 0 Å². The van der Waals surface area contributed by atoms with Gasteiger partial charge >= 0.3 is 5.97 Å². The van der Waals surface area contributed by atoms with E-state index in [1.165, 1.54) is 24.0 Å². The Morgan fingerprint density at radius 2 is 1.83 bits per heavy atom. The fraction of sp³-hybridized carbons (Fsp3) is 0.217. The highest BCUT2D eigenvalue weighted by Crippen LogP contribution is 2.40. The number of methoxy groups -OCH3 is 1. The Labute approximate surface area is 173 Å². The van der Waals surface area contributed by atoms with Crippen molar-refractivity contribution in [2.75, 3.05) is 30.4 Å². The summed E-state index contributed by atoms with van der Waals surface area (Å²) >= 11 is 1.40. The molecule has 3 aromatic rings. The number of amides is 1. The van der Waals surface area contributed by atoms with Gasteiger partial charge in [0.1, 0.15) is 10.6 Å². The number of nitrogens with one attached hydrogen (secondary N) is 1. The summed E-state index contributed by atoms with van der Waals surface area (Å²) in [6.07, 6.45) is 0.938. The standard InChI is InChI=1S/C23H22N2O3S/c1-15-20(17-9-4-3-5-10-17)21(23(27)28-2)22(29-15)24-19(26)14-25-13-12-16-8-6-7-11-18(16)25/h3-11H,12-14H2,1-2H3,(H,24,26). The molecule has 1 amide bonds. The second-order valence-electron chi connectivity index (χ2n) is 6.94. The van der Waals surface area contributed by atoms with Crippen LogP contribution < -0.4 is 10.2 Å². The molecule has 0 bridgehead atoms. The first-order chi connectivity index (χ1) is 14.1. The number of benzene rings is 2. The van der Waals surface area contributed by atoms with Crippen molar-refractivity contribution in [3.8, 4) is 11.1 Å². The van der Waals surface area contributed by atoms with Gasteiger partial charge in [0, 0.05) is 22.7 Å². The largest absolute Gasteiger partial charge is 0.465 e. The number of para-hydroxylation sites is 1. The lowest BCUT2D eigenvalue weighted by molar-refractivity contribution is -0.114. The topological polar surface area (TPSA) is 58.6 Å². The Morgan fingerprint density at radius 1 is 1.10 bits per heavy atom. The van der Waals surface area contributed by atoms with Gasteiger partial charge in [-0.05, 0) is 30.5 Å².